The van der Waals surface area contributed by atoms with Crippen molar-refractivity contribution in [2.45, 2.75) is 26.4 Å². The molecule has 0 spiro atoms. The first kappa shape index (κ1) is 10.9. The van der Waals surface area contributed by atoms with Crippen LogP contribution in [0.15, 0.2) is 24.3 Å². The zero-order valence-corrected chi connectivity index (χ0v) is 8.91. The Hall–Kier alpha value is -1.15. The fraction of sp³-hybridized carbons (Fsp3) is 0.417. The Labute approximate surface area is 84.9 Å². The molecule has 1 aromatic rings. The van der Waals surface area contributed by atoms with Crippen LogP contribution >= 0.6 is 0 Å². The lowest BCUT2D eigenvalue weighted by atomic mass is 10.0. The van der Waals surface area contributed by atoms with Crippen LogP contribution in [0.2, 0.25) is 0 Å². The molecule has 2 heteroatoms. The molecule has 0 radical (unpaired) electrons. The number of Topliss-reactive ketones (excluding diaryl/α,β-unsaturated/α-hetero) is 1. The molecule has 1 unspecified atom stereocenters. The molecule has 0 aliphatic heterocycles. The molecule has 1 aromatic carbocycles. The lowest BCUT2D eigenvalue weighted by molar-refractivity contribution is -0.127. The van der Waals surface area contributed by atoms with Gasteiger partial charge in [-0.15, -0.1) is 0 Å². The Bertz CT molecular complexity index is 318. The van der Waals surface area contributed by atoms with Crippen molar-refractivity contribution >= 4 is 5.78 Å². The van der Waals surface area contributed by atoms with E-state index < -0.39 is 0 Å². The van der Waals surface area contributed by atoms with Gasteiger partial charge in [0.2, 0.25) is 0 Å². The monoisotopic (exact) mass is 192 g/mol. The summed E-state index contributed by atoms with van der Waals surface area (Å²) in [6.45, 7) is 3.80. The zero-order valence-electron chi connectivity index (χ0n) is 8.91. The lowest BCUT2D eigenvalue weighted by Gasteiger charge is -2.08. The maximum Gasteiger partial charge on any atom is 0.165 e. The largest absolute Gasteiger partial charge is 0.374 e. The molecule has 1 rings (SSSR count). The smallest absolute Gasteiger partial charge is 0.165 e. The van der Waals surface area contributed by atoms with Crippen LogP contribution in [-0.2, 0) is 16.0 Å². The van der Waals surface area contributed by atoms with Crippen LogP contribution in [0, 0.1) is 6.92 Å². The average Bonchev–Trinajstić information content (AvgIpc) is 2.16. The molecule has 1 atom stereocenters. The summed E-state index contributed by atoms with van der Waals surface area (Å²) in [5, 5.41) is 0. The molecule has 2 nitrogen and oxygen atoms in total. The van der Waals surface area contributed by atoms with Crippen LogP contribution in [0.5, 0.6) is 0 Å². The van der Waals surface area contributed by atoms with E-state index in [0.717, 1.165) is 5.56 Å². The van der Waals surface area contributed by atoms with Crippen molar-refractivity contribution in [2.24, 2.45) is 0 Å². The molecular formula is C12H16O2. The summed E-state index contributed by atoms with van der Waals surface area (Å²) < 4.78 is 4.96. The van der Waals surface area contributed by atoms with Crippen molar-refractivity contribution in [3.05, 3.63) is 35.4 Å². The maximum atomic E-state index is 11.5. The third kappa shape index (κ3) is 2.96. The third-order valence-electron chi connectivity index (χ3n) is 2.27. The normalized spacial score (nSPS) is 12.5. The number of carbonyl (C=O) groups is 1. The van der Waals surface area contributed by atoms with Crippen molar-refractivity contribution in [1.29, 1.82) is 0 Å². The van der Waals surface area contributed by atoms with Gasteiger partial charge in [-0.3, -0.25) is 4.79 Å². The van der Waals surface area contributed by atoms with Gasteiger partial charge < -0.3 is 4.74 Å². The summed E-state index contributed by atoms with van der Waals surface area (Å²) in [6, 6.07) is 7.98. The molecule has 0 fully saturated rings. The van der Waals surface area contributed by atoms with E-state index >= 15 is 0 Å². The first-order valence-corrected chi connectivity index (χ1v) is 4.74. The van der Waals surface area contributed by atoms with Gasteiger partial charge in [-0.2, -0.15) is 0 Å². The van der Waals surface area contributed by atoms with Crippen molar-refractivity contribution in [2.75, 3.05) is 7.11 Å². The summed E-state index contributed by atoms with van der Waals surface area (Å²) in [5.74, 6) is 0.123. The van der Waals surface area contributed by atoms with Crippen molar-refractivity contribution in [1.82, 2.24) is 0 Å². The SMILES string of the molecule is COC(C)C(=O)Cc1cccc(C)c1. The highest BCUT2D eigenvalue weighted by Crippen LogP contribution is 2.06. The standard InChI is InChI=1S/C12H16O2/c1-9-5-4-6-11(7-9)8-12(13)10(2)14-3/h4-7,10H,8H2,1-3H3. The second kappa shape index (κ2) is 4.91. The van der Waals surface area contributed by atoms with Gasteiger partial charge in [-0.1, -0.05) is 29.8 Å². The number of ketones is 1. The van der Waals surface area contributed by atoms with Crippen molar-refractivity contribution in [3.8, 4) is 0 Å². The Balaban J connectivity index is 2.65. The highest BCUT2D eigenvalue weighted by Gasteiger charge is 2.11. The van der Waals surface area contributed by atoms with E-state index in [9.17, 15) is 4.79 Å². The molecule has 0 saturated heterocycles. The lowest BCUT2D eigenvalue weighted by Crippen LogP contribution is -2.20. The second-order valence-electron chi connectivity index (χ2n) is 3.51. The van der Waals surface area contributed by atoms with E-state index in [1.54, 1.807) is 14.0 Å². The fourth-order valence-electron chi connectivity index (χ4n) is 1.30. The number of hydrogen-bond donors (Lipinski definition) is 0. The Kier molecular flexibility index (Phi) is 3.84. The molecule has 0 saturated carbocycles. The molecule has 0 heterocycles. The number of ether oxygens (including phenoxy) is 1. The molecule has 0 bridgehead atoms. The highest BCUT2D eigenvalue weighted by molar-refractivity contribution is 5.84. The van der Waals surface area contributed by atoms with Crippen LogP contribution in [0.4, 0.5) is 0 Å². The number of hydrogen-bond acceptors (Lipinski definition) is 2. The third-order valence-corrected chi connectivity index (χ3v) is 2.27. The summed E-state index contributed by atoms with van der Waals surface area (Å²) in [5.41, 5.74) is 2.24. The van der Waals surface area contributed by atoms with Gasteiger partial charge in [0.25, 0.3) is 0 Å². The van der Waals surface area contributed by atoms with Crippen LogP contribution in [0.25, 0.3) is 0 Å². The van der Waals surface area contributed by atoms with Gasteiger partial charge in [0, 0.05) is 13.5 Å². The van der Waals surface area contributed by atoms with E-state index in [1.165, 1.54) is 5.56 Å². The highest BCUT2D eigenvalue weighted by atomic mass is 16.5. The minimum Gasteiger partial charge on any atom is -0.374 e. The van der Waals surface area contributed by atoms with Crippen molar-refractivity contribution < 1.29 is 9.53 Å². The minimum atomic E-state index is -0.310. The van der Waals surface area contributed by atoms with E-state index in [1.807, 2.05) is 31.2 Å². The number of carbonyl (C=O) groups excluding carboxylic acids is 1. The molecular weight excluding hydrogens is 176 g/mol. The predicted octanol–water partition coefficient (Wildman–Crippen LogP) is 2.14. The predicted molar refractivity (Wildman–Crippen MR) is 56.4 cm³/mol. The molecule has 0 aliphatic carbocycles. The molecule has 0 amide bonds. The zero-order chi connectivity index (χ0) is 10.6. The van der Waals surface area contributed by atoms with E-state index in [-0.39, 0.29) is 11.9 Å². The Morgan fingerprint density at radius 1 is 1.50 bits per heavy atom. The summed E-state index contributed by atoms with van der Waals surface area (Å²) in [4.78, 5) is 11.5. The Morgan fingerprint density at radius 2 is 2.21 bits per heavy atom. The maximum absolute atomic E-state index is 11.5. The summed E-state index contributed by atoms with van der Waals surface area (Å²) >= 11 is 0. The van der Waals surface area contributed by atoms with Gasteiger partial charge >= 0.3 is 0 Å². The summed E-state index contributed by atoms with van der Waals surface area (Å²) in [7, 11) is 1.55. The van der Waals surface area contributed by atoms with Gasteiger partial charge in [0.05, 0.1) is 0 Å². The fourth-order valence-corrected chi connectivity index (χ4v) is 1.30. The molecule has 0 aliphatic rings. The molecule has 14 heavy (non-hydrogen) atoms. The Morgan fingerprint density at radius 3 is 2.79 bits per heavy atom. The van der Waals surface area contributed by atoms with Crippen LogP contribution in [-0.4, -0.2) is 19.0 Å². The van der Waals surface area contributed by atoms with E-state index in [4.69, 9.17) is 4.74 Å². The minimum absolute atomic E-state index is 0.123. The quantitative estimate of drug-likeness (QED) is 0.730. The molecule has 0 aromatic heterocycles. The number of benzene rings is 1. The molecule has 76 valence electrons. The first-order valence-electron chi connectivity index (χ1n) is 4.74. The number of rotatable bonds is 4. The van der Waals surface area contributed by atoms with E-state index in [0.29, 0.717) is 6.42 Å². The topological polar surface area (TPSA) is 26.3 Å². The second-order valence-corrected chi connectivity index (χ2v) is 3.51. The van der Waals surface area contributed by atoms with Gasteiger partial charge in [0.15, 0.2) is 5.78 Å². The molecule has 0 N–H and O–H groups in total. The average molecular weight is 192 g/mol. The van der Waals surface area contributed by atoms with Gasteiger partial charge in [0.1, 0.15) is 6.10 Å². The van der Waals surface area contributed by atoms with Crippen LogP contribution in [0.3, 0.4) is 0 Å². The van der Waals surface area contributed by atoms with Gasteiger partial charge in [-0.25, -0.2) is 0 Å². The number of aryl methyl sites for hydroxylation is 1. The van der Waals surface area contributed by atoms with Crippen LogP contribution in [0.1, 0.15) is 18.1 Å². The van der Waals surface area contributed by atoms with Gasteiger partial charge in [-0.05, 0) is 19.4 Å². The van der Waals surface area contributed by atoms with Crippen LogP contribution < -0.4 is 0 Å². The first-order chi connectivity index (χ1) is 6.63. The number of methoxy groups -OCH3 is 1. The van der Waals surface area contributed by atoms with Crippen molar-refractivity contribution in [3.63, 3.8) is 0 Å². The van der Waals surface area contributed by atoms with E-state index in [2.05, 4.69) is 0 Å². The summed E-state index contributed by atoms with van der Waals surface area (Å²) in [6.07, 6.45) is 0.145.